The molecule has 152 valence electrons. The molecular weight excluding hydrogens is 408 g/mol. The van der Waals surface area contributed by atoms with Crippen LogP contribution in [0, 0.1) is 11.5 Å². The van der Waals surface area contributed by atoms with Crippen molar-refractivity contribution in [2.45, 2.75) is 23.6 Å². The topological polar surface area (TPSA) is 103 Å². The highest BCUT2D eigenvalue weighted by Gasteiger charge is 2.23. The molecule has 0 saturated heterocycles. The third kappa shape index (κ3) is 6.93. The van der Waals surface area contributed by atoms with Gasteiger partial charge in [-0.25, -0.2) is 8.42 Å². The average molecular weight is 431 g/mol. The van der Waals surface area contributed by atoms with Gasteiger partial charge in [0.15, 0.2) is 6.19 Å². The molecule has 1 N–H and O–H groups in total. The molecule has 0 heterocycles. The molecule has 2 rings (SSSR count). The van der Waals surface area contributed by atoms with Crippen LogP contribution < -0.4 is 4.72 Å². The average Bonchev–Trinajstić information content (AvgIpc) is 2.73. The fourth-order valence-electron chi connectivity index (χ4n) is 2.41. The minimum absolute atomic E-state index is 0.0823. The lowest BCUT2D eigenvalue weighted by Crippen LogP contribution is -2.37. The number of rotatable bonds is 8. The van der Waals surface area contributed by atoms with Gasteiger partial charge in [0.05, 0.1) is 4.90 Å². The van der Waals surface area contributed by atoms with Crippen molar-refractivity contribution in [2.24, 2.45) is 4.99 Å². The second-order valence-corrected chi connectivity index (χ2v) is 8.86. The quantitative estimate of drug-likeness (QED) is 0.300. The SMILES string of the molecule is CC(=N[C@@H](CSCc1ccccc1)C(=O)N(C)C#N)NS(=O)(=O)c1ccccc1. The summed E-state index contributed by atoms with van der Waals surface area (Å²) in [4.78, 5) is 17.7. The Balaban J connectivity index is 2.12. The highest BCUT2D eigenvalue weighted by Crippen LogP contribution is 2.15. The number of sulfonamides is 1. The molecule has 0 spiro atoms. The molecule has 29 heavy (non-hydrogen) atoms. The molecule has 0 aliphatic carbocycles. The number of likely N-dealkylation sites (N-methyl/N-ethyl adjacent to an activating group) is 1. The van der Waals surface area contributed by atoms with E-state index in [2.05, 4.69) is 9.71 Å². The molecule has 0 unspecified atom stereocenters. The van der Waals surface area contributed by atoms with E-state index in [1.54, 1.807) is 24.4 Å². The van der Waals surface area contributed by atoms with Crippen molar-refractivity contribution in [3.63, 3.8) is 0 Å². The molecule has 2 aromatic carbocycles. The number of thioether (sulfide) groups is 1. The molecular formula is C20H22N4O3S2. The van der Waals surface area contributed by atoms with E-state index in [9.17, 15) is 13.2 Å². The number of aliphatic imine (C=N–C) groups is 1. The van der Waals surface area contributed by atoms with E-state index in [1.165, 1.54) is 37.9 Å². The van der Waals surface area contributed by atoms with Crippen LogP contribution in [0.4, 0.5) is 0 Å². The zero-order valence-electron chi connectivity index (χ0n) is 16.1. The number of amidine groups is 1. The standard InChI is InChI=1S/C20H22N4O3S2/c1-16(23-29(26,27)18-11-7-4-8-12-18)22-19(20(25)24(2)15-21)14-28-13-17-9-5-3-6-10-17/h3-12,19H,13-14H2,1-2H3,(H,22,23)/t19-/m0/s1. The zero-order chi connectivity index (χ0) is 21.3. The first-order valence-electron chi connectivity index (χ1n) is 8.74. The summed E-state index contributed by atoms with van der Waals surface area (Å²) in [6.45, 7) is 1.48. The van der Waals surface area contributed by atoms with Crippen LogP contribution in [-0.4, -0.2) is 43.9 Å². The van der Waals surface area contributed by atoms with E-state index < -0.39 is 22.0 Å². The molecule has 0 aliphatic rings. The molecule has 0 saturated carbocycles. The number of benzene rings is 2. The van der Waals surface area contributed by atoms with Crippen LogP contribution in [0.3, 0.4) is 0 Å². The van der Waals surface area contributed by atoms with Crippen LogP contribution in [-0.2, 0) is 20.6 Å². The molecule has 0 radical (unpaired) electrons. The van der Waals surface area contributed by atoms with Crippen LogP contribution >= 0.6 is 11.8 Å². The van der Waals surface area contributed by atoms with E-state index in [0.29, 0.717) is 11.5 Å². The molecule has 0 aromatic heterocycles. The first kappa shape index (κ1) is 22.5. The van der Waals surface area contributed by atoms with E-state index in [1.807, 2.05) is 30.3 Å². The van der Waals surface area contributed by atoms with Gasteiger partial charge in [0, 0.05) is 18.6 Å². The Kier molecular flexibility index (Phi) is 8.24. The monoisotopic (exact) mass is 430 g/mol. The van der Waals surface area contributed by atoms with Crippen molar-refractivity contribution in [3.05, 3.63) is 66.2 Å². The highest BCUT2D eigenvalue weighted by atomic mass is 32.2. The molecule has 0 aliphatic heterocycles. The van der Waals surface area contributed by atoms with Crippen molar-refractivity contribution in [1.29, 1.82) is 5.26 Å². The lowest BCUT2D eigenvalue weighted by atomic mass is 10.2. The van der Waals surface area contributed by atoms with Gasteiger partial charge in [-0.2, -0.15) is 17.0 Å². The third-order valence-electron chi connectivity index (χ3n) is 3.84. The van der Waals surface area contributed by atoms with Crippen LogP contribution in [0.25, 0.3) is 0 Å². The molecule has 1 amide bonds. The van der Waals surface area contributed by atoms with Crippen molar-refractivity contribution in [2.75, 3.05) is 12.8 Å². The van der Waals surface area contributed by atoms with Crippen LogP contribution in [0.15, 0.2) is 70.6 Å². The largest absolute Gasteiger partial charge is 0.271 e. The van der Waals surface area contributed by atoms with E-state index in [0.717, 1.165) is 10.5 Å². The first-order valence-corrected chi connectivity index (χ1v) is 11.4. The second-order valence-electron chi connectivity index (χ2n) is 6.15. The molecule has 0 bridgehead atoms. The van der Waals surface area contributed by atoms with Gasteiger partial charge >= 0.3 is 0 Å². The normalized spacial score (nSPS) is 12.7. The van der Waals surface area contributed by atoms with Crippen LogP contribution in [0.2, 0.25) is 0 Å². The minimum Gasteiger partial charge on any atom is -0.271 e. The van der Waals surface area contributed by atoms with Crippen molar-refractivity contribution >= 4 is 33.5 Å². The number of hydrogen-bond donors (Lipinski definition) is 1. The number of carbonyl (C=O) groups is 1. The number of carbonyl (C=O) groups excluding carboxylic acids is 1. The minimum atomic E-state index is -3.80. The molecule has 0 fully saturated rings. The Morgan fingerprint density at radius 1 is 1.17 bits per heavy atom. The second kappa shape index (κ2) is 10.6. The Bertz CT molecular complexity index is 987. The lowest BCUT2D eigenvalue weighted by molar-refractivity contribution is -0.127. The van der Waals surface area contributed by atoms with E-state index in [4.69, 9.17) is 5.26 Å². The van der Waals surface area contributed by atoms with Gasteiger partial charge in [0.1, 0.15) is 11.9 Å². The summed E-state index contributed by atoms with van der Waals surface area (Å²) >= 11 is 1.49. The predicted molar refractivity (Wildman–Crippen MR) is 115 cm³/mol. The molecule has 7 nitrogen and oxygen atoms in total. The lowest BCUT2D eigenvalue weighted by Gasteiger charge is -2.16. The third-order valence-corrected chi connectivity index (χ3v) is 6.38. The number of nitriles is 1. The summed E-state index contributed by atoms with van der Waals surface area (Å²) in [5.41, 5.74) is 1.10. The van der Waals surface area contributed by atoms with Crippen LogP contribution in [0.5, 0.6) is 0 Å². The first-order chi connectivity index (χ1) is 13.8. The summed E-state index contributed by atoms with van der Waals surface area (Å²) in [7, 11) is -2.44. The fraction of sp³-hybridized carbons (Fsp3) is 0.250. The number of hydrogen-bond acceptors (Lipinski definition) is 6. The Morgan fingerprint density at radius 2 is 1.76 bits per heavy atom. The Morgan fingerprint density at radius 3 is 2.34 bits per heavy atom. The maximum absolute atomic E-state index is 12.5. The van der Waals surface area contributed by atoms with Gasteiger partial charge in [0.2, 0.25) is 0 Å². The number of amides is 1. The highest BCUT2D eigenvalue weighted by molar-refractivity contribution is 7.98. The van der Waals surface area contributed by atoms with E-state index >= 15 is 0 Å². The van der Waals surface area contributed by atoms with Gasteiger partial charge in [-0.05, 0) is 24.6 Å². The maximum atomic E-state index is 12.5. The Labute approximate surface area is 175 Å². The summed E-state index contributed by atoms with van der Waals surface area (Å²) in [5, 5.41) is 9.02. The predicted octanol–water partition coefficient (Wildman–Crippen LogP) is 2.62. The summed E-state index contributed by atoms with van der Waals surface area (Å²) in [5.74, 6) is 0.570. The van der Waals surface area contributed by atoms with Crippen molar-refractivity contribution in [1.82, 2.24) is 9.62 Å². The van der Waals surface area contributed by atoms with Gasteiger partial charge < -0.3 is 0 Å². The Hall–Kier alpha value is -2.83. The van der Waals surface area contributed by atoms with E-state index in [-0.39, 0.29) is 10.7 Å². The van der Waals surface area contributed by atoms with Gasteiger partial charge in [-0.3, -0.25) is 19.4 Å². The fourth-order valence-corrected chi connectivity index (χ4v) is 4.47. The zero-order valence-corrected chi connectivity index (χ0v) is 17.8. The maximum Gasteiger partial charge on any atom is 0.262 e. The molecule has 9 heteroatoms. The van der Waals surface area contributed by atoms with Crippen molar-refractivity contribution in [3.8, 4) is 6.19 Å². The molecule has 2 aromatic rings. The van der Waals surface area contributed by atoms with Crippen molar-refractivity contribution < 1.29 is 13.2 Å². The van der Waals surface area contributed by atoms with Gasteiger partial charge in [-0.1, -0.05) is 48.5 Å². The number of nitrogens with one attached hydrogen (secondary N) is 1. The molecule has 1 atom stereocenters. The summed E-state index contributed by atoms with van der Waals surface area (Å²) in [6.07, 6.45) is 1.77. The van der Waals surface area contributed by atoms with Gasteiger partial charge in [-0.15, -0.1) is 0 Å². The summed E-state index contributed by atoms with van der Waals surface area (Å²) in [6, 6.07) is 16.8. The number of nitrogens with zero attached hydrogens (tertiary/aromatic N) is 3. The summed E-state index contributed by atoms with van der Waals surface area (Å²) < 4.78 is 27.3. The van der Waals surface area contributed by atoms with Gasteiger partial charge in [0.25, 0.3) is 15.9 Å². The smallest absolute Gasteiger partial charge is 0.262 e. The van der Waals surface area contributed by atoms with Crippen LogP contribution in [0.1, 0.15) is 12.5 Å².